The van der Waals surface area contributed by atoms with Crippen molar-refractivity contribution in [2.75, 3.05) is 0 Å². The smallest absolute Gasteiger partial charge is 0.0663 e. The highest BCUT2D eigenvalue weighted by Crippen LogP contribution is 1.81. The fourth-order valence-corrected chi connectivity index (χ4v) is 0.385. The van der Waals surface area contributed by atoms with Crippen molar-refractivity contribution in [3.63, 3.8) is 0 Å². The molecular formula is C8H10N2. The molecule has 0 saturated heterocycles. The zero-order valence-corrected chi connectivity index (χ0v) is 5.99. The molecular weight excluding hydrogens is 124 g/mol. The zero-order chi connectivity index (χ0) is 7.66. The number of nitriles is 1. The summed E-state index contributed by atoms with van der Waals surface area (Å²) in [4.78, 5) is 3.83. The predicted octanol–water partition coefficient (Wildman–Crippen LogP) is 2.06. The van der Waals surface area contributed by atoms with Crippen LogP contribution in [0.1, 0.15) is 13.3 Å². The van der Waals surface area contributed by atoms with Gasteiger partial charge < -0.3 is 0 Å². The van der Waals surface area contributed by atoms with Crippen LogP contribution in [0.25, 0.3) is 0 Å². The molecule has 2 heteroatoms. The lowest BCUT2D eigenvalue weighted by Crippen LogP contribution is -1.56. The summed E-state index contributed by atoms with van der Waals surface area (Å²) in [6, 6.07) is 2.00. The molecule has 0 radical (unpaired) electrons. The monoisotopic (exact) mass is 134 g/mol. The molecule has 10 heavy (non-hydrogen) atoms. The van der Waals surface area contributed by atoms with E-state index in [-0.39, 0.29) is 0 Å². The normalized spacial score (nSPS) is 11.6. The number of hydrogen-bond acceptors (Lipinski definition) is 2. The molecule has 2 nitrogen and oxygen atoms in total. The molecule has 0 N–H and O–H groups in total. The van der Waals surface area contributed by atoms with E-state index in [0.717, 1.165) is 0 Å². The van der Waals surface area contributed by atoms with Gasteiger partial charge in [-0.15, -0.1) is 0 Å². The molecule has 0 spiro atoms. The van der Waals surface area contributed by atoms with E-state index in [9.17, 15) is 0 Å². The van der Waals surface area contributed by atoms with Gasteiger partial charge in [0.1, 0.15) is 0 Å². The van der Waals surface area contributed by atoms with E-state index in [0.29, 0.717) is 6.42 Å². The Labute approximate surface area is 61.2 Å². The van der Waals surface area contributed by atoms with Crippen LogP contribution < -0.4 is 0 Å². The molecule has 0 heterocycles. The maximum atomic E-state index is 8.11. The molecule has 0 aliphatic rings. The van der Waals surface area contributed by atoms with Crippen LogP contribution in [-0.4, -0.2) is 6.21 Å². The Kier molecular flexibility index (Phi) is 6.60. The molecule has 0 aliphatic carbocycles. The van der Waals surface area contributed by atoms with Gasteiger partial charge in [-0.3, -0.25) is 4.99 Å². The third-order valence-electron chi connectivity index (χ3n) is 0.778. The van der Waals surface area contributed by atoms with Crippen LogP contribution in [0.2, 0.25) is 0 Å². The van der Waals surface area contributed by atoms with Crippen molar-refractivity contribution in [3.8, 4) is 6.07 Å². The van der Waals surface area contributed by atoms with Gasteiger partial charge in [-0.05, 0) is 13.0 Å². The number of allylic oxidation sites excluding steroid dienone is 3. The summed E-state index contributed by atoms with van der Waals surface area (Å²) in [6.45, 7) is 1.85. The molecule has 0 aromatic carbocycles. The minimum absolute atomic E-state index is 0.459. The van der Waals surface area contributed by atoms with E-state index in [2.05, 4.69) is 4.99 Å². The lowest BCUT2D eigenvalue weighted by molar-refractivity contribution is 1.35. The number of nitrogens with zero attached hydrogens (tertiary/aromatic N) is 2. The summed E-state index contributed by atoms with van der Waals surface area (Å²) in [5.41, 5.74) is 0. The Hall–Kier alpha value is -1.36. The van der Waals surface area contributed by atoms with Gasteiger partial charge >= 0.3 is 0 Å². The molecule has 0 aromatic rings. The summed E-state index contributed by atoms with van der Waals surface area (Å²) in [5, 5.41) is 8.11. The number of rotatable bonds is 3. The summed E-state index contributed by atoms with van der Waals surface area (Å²) >= 11 is 0. The van der Waals surface area contributed by atoms with Gasteiger partial charge in [0, 0.05) is 12.4 Å². The predicted molar refractivity (Wildman–Crippen MR) is 42.7 cm³/mol. The van der Waals surface area contributed by atoms with Crippen molar-refractivity contribution in [2.45, 2.75) is 13.3 Å². The molecule has 0 saturated carbocycles. The summed E-state index contributed by atoms with van der Waals surface area (Å²) < 4.78 is 0. The average Bonchev–Trinajstić information content (AvgIpc) is 1.97. The Morgan fingerprint density at radius 2 is 2.30 bits per heavy atom. The van der Waals surface area contributed by atoms with Crippen LogP contribution in [-0.2, 0) is 0 Å². The molecule has 0 unspecified atom stereocenters. The van der Waals surface area contributed by atoms with Crippen molar-refractivity contribution < 1.29 is 0 Å². The van der Waals surface area contributed by atoms with Crippen LogP contribution >= 0.6 is 0 Å². The molecule has 0 atom stereocenters. The molecule has 0 aromatic heterocycles. The van der Waals surface area contributed by atoms with E-state index >= 15 is 0 Å². The fraction of sp³-hybridized carbons (Fsp3) is 0.250. The van der Waals surface area contributed by atoms with Gasteiger partial charge in [-0.25, -0.2) is 0 Å². The Balaban J connectivity index is 3.44. The van der Waals surface area contributed by atoms with Gasteiger partial charge in [0.25, 0.3) is 0 Å². The summed E-state index contributed by atoms with van der Waals surface area (Å²) in [5.74, 6) is 0. The molecule has 52 valence electrons. The van der Waals surface area contributed by atoms with Crippen LogP contribution in [0, 0.1) is 11.3 Å². The van der Waals surface area contributed by atoms with Crippen molar-refractivity contribution in [1.29, 1.82) is 5.26 Å². The summed E-state index contributed by atoms with van der Waals surface area (Å²) in [6.07, 6.45) is 9.21. The van der Waals surface area contributed by atoms with E-state index in [4.69, 9.17) is 5.26 Å². The third kappa shape index (κ3) is 6.64. The lowest BCUT2D eigenvalue weighted by Gasteiger charge is -1.72. The van der Waals surface area contributed by atoms with E-state index in [1.807, 2.05) is 13.0 Å². The minimum Gasteiger partial charge on any atom is -0.269 e. The highest BCUT2D eigenvalue weighted by molar-refractivity contribution is 5.54. The Bertz CT molecular complexity index is 182. The number of hydrogen-bond donors (Lipinski definition) is 0. The highest BCUT2D eigenvalue weighted by atomic mass is 14.6. The quantitative estimate of drug-likeness (QED) is 0.430. The van der Waals surface area contributed by atoms with E-state index in [1.165, 1.54) is 0 Å². The Morgan fingerprint density at radius 1 is 1.50 bits per heavy atom. The lowest BCUT2D eigenvalue weighted by atomic mass is 10.4. The molecule has 0 rings (SSSR count). The second-order valence-corrected chi connectivity index (χ2v) is 1.54. The average molecular weight is 134 g/mol. The second kappa shape index (κ2) is 7.64. The van der Waals surface area contributed by atoms with Gasteiger partial charge in [-0.2, -0.15) is 5.26 Å². The standard InChI is InChI=1S/C8H10N2/c1-2-10-8-6-4-3-5-7-9/h2-4,6,8H,5H2,1H3/b4-3+,8-6-,10-2?. The van der Waals surface area contributed by atoms with Crippen LogP contribution in [0.15, 0.2) is 29.4 Å². The van der Waals surface area contributed by atoms with Crippen molar-refractivity contribution in [1.82, 2.24) is 0 Å². The van der Waals surface area contributed by atoms with Gasteiger partial charge in [0.15, 0.2) is 0 Å². The van der Waals surface area contributed by atoms with Crippen LogP contribution in [0.3, 0.4) is 0 Å². The van der Waals surface area contributed by atoms with Crippen molar-refractivity contribution in [3.05, 3.63) is 24.4 Å². The topological polar surface area (TPSA) is 36.1 Å². The maximum Gasteiger partial charge on any atom is 0.0663 e. The molecule has 0 fully saturated rings. The van der Waals surface area contributed by atoms with Crippen LogP contribution in [0.4, 0.5) is 0 Å². The highest BCUT2D eigenvalue weighted by Gasteiger charge is 1.65. The first-order valence-electron chi connectivity index (χ1n) is 3.08. The zero-order valence-electron chi connectivity index (χ0n) is 5.99. The number of aliphatic imine (C=N–C) groups is 1. The Morgan fingerprint density at radius 3 is 2.90 bits per heavy atom. The second-order valence-electron chi connectivity index (χ2n) is 1.54. The molecule has 0 amide bonds. The minimum atomic E-state index is 0.459. The van der Waals surface area contributed by atoms with Gasteiger partial charge in [-0.1, -0.05) is 12.2 Å². The maximum absolute atomic E-state index is 8.11. The first-order chi connectivity index (χ1) is 4.91. The van der Waals surface area contributed by atoms with Crippen molar-refractivity contribution >= 4 is 6.21 Å². The summed E-state index contributed by atoms with van der Waals surface area (Å²) in [7, 11) is 0. The largest absolute Gasteiger partial charge is 0.269 e. The first-order valence-corrected chi connectivity index (χ1v) is 3.08. The third-order valence-corrected chi connectivity index (χ3v) is 0.778. The SMILES string of the molecule is CC=N/C=C\C=C\CC#N. The first kappa shape index (κ1) is 8.64. The van der Waals surface area contributed by atoms with Gasteiger partial charge in [0.2, 0.25) is 0 Å². The molecule has 0 bridgehead atoms. The fourth-order valence-electron chi connectivity index (χ4n) is 0.385. The van der Waals surface area contributed by atoms with Crippen LogP contribution in [0.5, 0.6) is 0 Å². The van der Waals surface area contributed by atoms with Gasteiger partial charge in [0.05, 0.1) is 12.5 Å². The van der Waals surface area contributed by atoms with E-state index in [1.54, 1.807) is 30.6 Å². The van der Waals surface area contributed by atoms with E-state index < -0.39 is 0 Å². The molecule has 0 aliphatic heterocycles. The van der Waals surface area contributed by atoms with Crippen molar-refractivity contribution in [2.24, 2.45) is 4.99 Å².